The van der Waals surface area contributed by atoms with Crippen LogP contribution in [0.4, 0.5) is 23.4 Å². The summed E-state index contributed by atoms with van der Waals surface area (Å²) in [5.74, 6) is -2.00. The first-order chi connectivity index (χ1) is 17.6. The van der Waals surface area contributed by atoms with Gasteiger partial charge in [-0.3, -0.25) is 9.59 Å². The van der Waals surface area contributed by atoms with E-state index in [0.717, 1.165) is 19.4 Å². The minimum absolute atomic E-state index is 0.0398. The Morgan fingerprint density at radius 2 is 1.95 bits per heavy atom. The van der Waals surface area contributed by atoms with E-state index >= 15 is 0 Å². The number of nitrogens with two attached hydrogens (primary N) is 1. The third-order valence-electron chi connectivity index (χ3n) is 5.88. The number of hydrogen-bond donors (Lipinski definition) is 4. The van der Waals surface area contributed by atoms with Crippen molar-refractivity contribution in [3.63, 3.8) is 0 Å². The molecule has 1 aliphatic heterocycles. The fraction of sp³-hybridized carbons (Fsp3) is 0.280. The maximum Gasteiger partial charge on any atom is 0.416 e. The first-order valence-electron chi connectivity index (χ1n) is 11.5. The van der Waals surface area contributed by atoms with Gasteiger partial charge in [-0.05, 0) is 49.7 Å². The molecule has 0 bridgehead atoms. The van der Waals surface area contributed by atoms with Gasteiger partial charge in [-0.1, -0.05) is 12.1 Å². The maximum absolute atomic E-state index is 14.0. The summed E-state index contributed by atoms with van der Waals surface area (Å²) in [5.41, 5.74) is 5.43. The number of alkyl halides is 3. The lowest BCUT2D eigenvalue weighted by molar-refractivity contribution is -0.137. The summed E-state index contributed by atoms with van der Waals surface area (Å²) in [4.78, 5) is 33.8. The number of anilines is 1. The van der Waals surface area contributed by atoms with Crippen LogP contribution in [0.2, 0.25) is 0 Å². The van der Waals surface area contributed by atoms with E-state index in [1.165, 1.54) is 18.3 Å². The number of nitrogen functional groups attached to an aromatic ring is 1. The number of piperidine rings is 1. The molecule has 1 aliphatic rings. The molecule has 3 aromatic rings. The van der Waals surface area contributed by atoms with Crippen LogP contribution in [0.1, 0.15) is 44.8 Å². The Morgan fingerprint density at radius 3 is 2.68 bits per heavy atom. The zero-order chi connectivity index (χ0) is 26.6. The summed E-state index contributed by atoms with van der Waals surface area (Å²) < 4.78 is 52.8. The second kappa shape index (κ2) is 10.9. The van der Waals surface area contributed by atoms with Gasteiger partial charge < -0.3 is 21.7 Å². The number of hydrogen-bond acceptors (Lipinski definition) is 6. The topological polar surface area (TPSA) is 122 Å². The van der Waals surface area contributed by atoms with Gasteiger partial charge in [-0.15, -0.1) is 0 Å². The lowest BCUT2D eigenvalue weighted by Gasteiger charge is -2.23. The van der Waals surface area contributed by atoms with E-state index in [2.05, 4.69) is 25.9 Å². The van der Waals surface area contributed by atoms with E-state index in [4.69, 9.17) is 5.73 Å². The molecule has 12 heteroatoms. The minimum Gasteiger partial charge on any atom is -0.382 e. The Hall–Kier alpha value is -4.06. The molecule has 2 amide bonds. The maximum atomic E-state index is 14.0. The van der Waals surface area contributed by atoms with Crippen LogP contribution in [-0.2, 0) is 12.7 Å². The summed E-state index contributed by atoms with van der Waals surface area (Å²) in [6.45, 7) is 1.09. The van der Waals surface area contributed by atoms with Crippen molar-refractivity contribution in [3.05, 3.63) is 76.9 Å². The van der Waals surface area contributed by atoms with Crippen LogP contribution >= 0.6 is 0 Å². The number of amides is 2. The van der Waals surface area contributed by atoms with Crippen molar-refractivity contribution in [1.82, 2.24) is 25.9 Å². The van der Waals surface area contributed by atoms with Gasteiger partial charge in [0.05, 0.1) is 17.5 Å². The predicted molar refractivity (Wildman–Crippen MR) is 128 cm³/mol. The molecule has 1 fully saturated rings. The van der Waals surface area contributed by atoms with Gasteiger partial charge in [-0.2, -0.15) is 13.2 Å². The van der Waals surface area contributed by atoms with Crippen molar-refractivity contribution < 1.29 is 27.2 Å². The fourth-order valence-electron chi connectivity index (χ4n) is 3.92. The highest BCUT2D eigenvalue weighted by Gasteiger charge is 2.31. The molecule has 0 radical (unpaired) electrons. The molecule has 5 N–H and O–H groups in total. The van der Waals surface area contributed by atoms with Crippen molar-refractivity contribution in [1.29, 1.82) is 0 Å². The summed E-state index contributed by atoms with van der Waals surface area (Å²) in [5, 5.41) is 8.51. The van der Waals surface area contributed by atoms with Gasteiger partial charge in [0.1, 0.15) is 5.82 Å². The van der Waals surface area contributed by atoms with Crippen molar-refractivity contribution >= 4 is 17.6 Å². The minimum atomic E-state index is -4.63. The Morgan fingerprint density at radius 1 is 1.14 bits per heavy atom. The van der Waals surface area contributed by atoms with Crippen LogP contribution < -0.4 is 21.7 Å². The van der Waals surface area contributed by atoms with Crippen molar-refractivity contribution in [3.8, 4) is 11.3 Å². The zero-order valence-electron chi connectivity index (χ0n) is 19.5. The van der Waals surface area contributed by atoms with E-state index in [0.29, 0.717) is 36.0 Å². The lowest BCUT2D eigenvalue weighted by atomic mass is 10.1. The summed E-state index contributed by atoms with van der Waals surface area (Å²) in [7, 11) is 0. The number of carbonyl (C=O) groups is 2. The molecule has 0 spiro atoms. The number of carbonyl (C=O) groups excluding carboxylic acids is 2. The summed E-state index contributed by atoms with van der Waals surface area (Å²) in [6.07, 6.45) is -1.51. The van der Waals surface area contributed by atoms with E-state index in [1.54, 1.807) is 12.1 Å². The number of nitrogens with zero attached hydrogens (tertiary/aromatic N) is 2. The lowest BCUT2D eigenvalue weighted by Crippen LogP contribution is -2.46. The highest BCUT2D eigenvalue weighted by Crippen LogP contribution is 2.30. The summed E-state index contributed by atoms with van der Waals surface area (Å²) >= 11 is 0. The fourth-order valence-corrected chi connectivity index (χ4v) is 3.92. The molecule has 4 rings (SSSR count). The zero-order valence-corrected chi connectivity index (χ0v) is 19.5. The Labute approximate surface area is 209 Å². The first-order valence-corrected chi connectivity index (χ1v) is 11.5. The third kappa shape index (κ3) is 6.39. The molecule has 2 aromatic carbocycles. The highest BCUT2D eigenvalue weighted by atomic mass is 19.4. The van der Waals surface area contributed by atoms with Gasteiger partial charge in [0.2, 0.25) is 0 Å². The monoisotopic (exact) mass is 516 g/mol. The SMILES string of the molecule is Nc1ncc(-c2cccc(C(=O)NCc3cc(C(F)(F)F)ccc3F)c2)nc1C(=O)N[C@H]1CCCNC1. The Bertz CT molecular complexity index is 1310. The average molecular weight is 516 g/mol. The second-order valence-corrected chi connectivity index (χ2v) is 8.57. The Kier molecular flexibility index (Phi) is 7.67. The molecule has 194 valence electrons. The van der Waals surface area contributed by atoms with E-state index in [1.807, 2.05) is 0 Å². The van der Waals surface area contributed by atoms with Crippen molar-refractivity contribution in [2.24, 2.45) is 0 Å². The molecule has 37 heavy (non-hydrogen) atoms. The van der Waals surface area contributed by atoms with Gasteiger partial charge in [0.25, 0.3) is 11.8 Å². The second-order valence-electron chi connectivity index (χ2n) is 8.57. The van der Waals surface area contributed by atoms with Gasteiger partial charge in [0, 0.05) is 35.8 Å². The van der Waals surface area contributed by atoms with Crippen LogP contribution in [0.5, 0.6) is 0 Å². The molecule has 0 aliphatic carbocycles. The Balaban J connectivity index is 1.49. The molecule has 1 aromatic heterocycles. The smallest absolute Gasteiger partial charge is 0.382 e. The molecular formula is C25H24F4N6O2. The number of halogens is 4. The van der Waals surface area contributed by atoms with Crippen LogP contribution in [-0.4, -0.2) is 40.9 Å². The van der Waals surface area contributed by atoms with E-state index < -0.39 is 35.9 Å². The van der Waals surface area contributed by atoms with Crippen LogP contribution in [0.15, 0.2) is 48.7 Å². The first kappa shape index (κ1) is 26.0. The number of nitrogens with one attached hydrogen (secondary N) is 3. The third-order valence-corrected chi connectivity index (χ3v) is 5.88. The van der Waals surface area contributed by atoms with Crippen molar-refractivity contribution in [2.75, 3.05) is 18.8 Å². The molecule has 0 saturated carbocycles. The normalized spacial score (nSPS) is 15.7. The molecule has 0 unspecified atom stereocenters. The molecule has 8 nitrogen and oxygen atoms in total. The van der Waals surface area contributed by atoms with Gasteiger partial charge >= 0.3 is 6.18 Å². The number of aromatic nitrogens is 2. The molecule has 1 atom stereocenters. The van der Waals surface area contributed by atoms with Crippen molar-refractivity contribution in [2.45, 2.75) is 31.6 Å². The summed E-state index contributed by atoms with van der Waals surface area (Å²) in [6, 6.07) is 8.13. The quantitative estimate of drug-likeness (QED) is 0.373. The van der Waals surface area contributed by atoms with E-state index in [9.17, 15) is 27.2 Å². The number of benzene rings is 2. The average Bonchev–Trinajstić information content (AvgIpc) is 2.88. The standard InChI is InChI=1S/C25H24F4N6O2/c26-19-7-6-17(25(27,28)29)10-16(19)11-33-23(36)15-4-1-3-14(9-15)20-13-32-22(30)21(35-20)24(37)34-18-5-2-8-31-12-18/h1,3-4,6-7,9-10,13,18,31H,2,5,8,11-12H2,(H2,30,32)(H,33,36)(H,34,37)/t18-/m0/s1. The predicted octanol–water partition coefficient (Wildman–Crippen LogP) is 3.30. The number of rotatable bonds is 6. The van der Waals surface area contributed by atoms with Crippen LogP contribution in [0.3, 0.4) is 0 Å². The molecular weight excluding hydrogens is 492 g/mol. The molecule has 2 heterocycles. The van der Waals surface area contributed by atoms with E-state index in [-0.39, 0.29) is 28.7 Å². The largest absolute Gasteiger partial charge is 0.416 e. The van der Waals surface area contributed by atoms with Gasteiger partial charge in [-0.25, -0.2) is 14.4 Å². The van der Waals surface area contributed by atoms with Gasteiger partial charge in [0.15, 0.2) is 11.5 Å². The van der Waals surface area contributed by atoms with Crippen LogP contribution in [0, 0.1) is 5.82 Å². The highest BCUT2D eigenvalue weighted by molar-refractivity contribution is 5.97. The van der Waals surface area contributed by atoms with Crippen LogP contribution in [0.25, 0.3) is 11.3 Å². The molecule has 1 saturated heterocycles.